The van der Waals surface area contributed by atoms with E-state index in [9.17, 15) is 4.79 Å². The van der Waals surface area contributed by atoms with Crippen LogP contribution in [0.25, 0.3) is 6.08 Å². The van der Waals surface area contributed by atoms with Crippen LogP contribution >= 0.6 is 12.2 Å². The molecule has 2 rings (SSSR count). The van der Waals surface area contributed by atoms with E-state index >= 15 is 0 Å². The van der Waals surface area contributed by atoms with Crippen molar-refractivity contribution in [2.75, 3.05) is 0 Å². The van der Waals surface area contributed by atoms with E-state index in [4.69, 9.17) is 12.2 Å². The summed E-state index contributed by atoms with van der Waals surface area (Å²) in [7, 11) is 0. The predicted molar refractivity (Wildman–Crippen MR) is 186 cm³/mol. The molecule has 0 heterocycles. The number of aryl methyl sites for hydroxylation is 2. The molecule has 41 heavy (non-hydrogen) atoms. The van der Waals surface area contributed by atoms with E-state index in [1.54, 1.807) is 0 Å². The minimum Gasteiger partial charge on any atom is -0.294 e. The van der Waals surface area contributed by atoms with Crippen molar-refractivity contribution in [2.24, 2.45) is 5.41 Å². The zero-order chi connectivity index (χ0) is 29.9. The van der Waals surface area contributed by atoms with Crippen LogP contribution in [0.5, 0.6) is 0 Å². The summed E-state index contributed by atoms with van der Waals surface area (Å²) >= 11 is 5.69. The molecule has 0 unspecified atom stereocenters. The number of benzene rings is 1. The number of hydrogen-bond acceptors (Lipinski definition) is 2. The van der Waals surface area contributed by atoms with Crippen LogP contribution in [0.1, 0.15) is 160 Å². The molecule has 0 aliphatic heterocycles. The fourth-order valence-corrected chi connectivity index (χ4v) is 5.98. The number of thiocarbonyl (C=S) groups is 1. The Kier molecular flexibility index (Phi) is 17.4. The number of hydrogen-bond donors (Lipinski definition) is 0. The van der Waals surface area contributed by atoms with Gasteiger partial charge >= 0.3 is 0 Å². The van der Waals surface area contributed by atoms with Crippen molar-refractivity contribution in [3.63, 3.8) is 0 Å². The summed E-state index contributed by atoms with van der Waals surface area (Å²) in [6, 6.07) is 6.98. The molecule has 1 nitrogen and oxygen atoms in total. The second kappa shape index (κ2) is 20.2. The van der Waals surface area contributed by atoms with Crippen molar-refractivity contribution >= 4 is 28.9 Å². The minimum absolute atomic E-state index is 0.0109. The van der Waals surface area contributed by atoms with E-state index in [1.165, 1.54) is 131 Å². The molecule has 0 spiro atoms. The Labute approximate surface area is 259 Å². The quantitative estimate of drug-likeness (QED) is 0.0822. The lowest BCUT2D eigenvalue weighted by molar-refractivity contribution is -0.114. The number of rotatable bonds is 21. The Hall–Kier alpha value is -1.80. The van der Waals surface area contributed by atoms with Gasteiger partial charge in [0.05, 0.1) is 0 Å². The van der Waals surface area contributed by atoms with Crippen LogP contribution in [0.2, 0.25) is 0 Å². The highest BCUT2D eigenvalue weighted by Crippen LogP contribution is 2.32. The van der Waals surface area contributed by atoms with E-state index < -0.39 is 0 Å². The third kappa shape index (κ3) is 14.3. The molecule has 0 amide bonds. The highest BCUT2D eigenvalue weighted by atomic mass is 32.1. The lowest BCUT2D eigenvalue weighted by atomic mass is 9.79. The zero-order valence-corrected chi connectivity index (χ0v) is 28.1. The summed E-state index contributed by atoms with van der Waals surface area (Å²) < 4.78 is 0. The Morgan fingerprint density at radius 3 is 1.76 bits per heavy atom. The lowest BCUT2D eigenvalue weighted by Crippen LogP contribution is -2.19. The van der Waals surface area contributed by atoms with Gasteiger partial charge in [-0.25, -0.2) is 0 Å². The summed E-state index contributed by atoms with van der Waals surface area (Å²) in [5, 5.41) is 0. The highest BCUT2D eigenvalue weighted by Gasteiger charge is 2.25. The standard InChI is InChI=1S/C39H60OS/c1-6-8-10-12-14-16-18-20-22-33-26-24-32(30-34(33)23-21-19-17-15-13-11-9-7-2)25-29-38(41)36-28-27-35(31-37(36)40)39(3,4)5/h24-30H,6-23,31H2,1-5H3. The molecule has 0 bridgehead atoms. The van der Waals surface area contributed by atoms with Gasteiger partial charge in [-0.15, -0.1) is 0 Å². The first-order valence-electron chi connectivity index (χ1n) is 17.0. The Balaban J connectivity index is 1.99. The van der Waals surface area contributed by atoms with Gasteiger partial charge in [-0.05, 0) is 59.9 Å². The topological polar surface area (TPSA) is 17.1 Å². The van der Waals surface area contributed by atoms with Crippen molar-refractivity contribution in [2.45, 2.75) is 157 Å². The number of unbranched alkanes of at least 4 members (excludes halogenated alkanes) is 14. The molecule has 0 fully saturated rings. The van der Waals surface area contributed by atoms with Crippen molar-refractivity contribution in [1.82, 2.24) is 0 Å². The van der Waals surface area contributed by atoms with Crippen molar-refractivity contribution < 1.29 is 4.79 Å². The summed E-state index contributed by atoms with van der Waals surface area (Å²) in [4.78, 5) is 13.5. The fourth-order valence-electron chi connectivity index (χ4n) is 5.73. The molecule has 1 aliphatic carbocycles. The maximum Gasteiger partial charge on any atom is 0.168 e. The molecule has 1 aromatic rings. The van der Waals surface area contributed by atoms with Crippen LogP contribution in [0.15, 0.2) is 47.6 Å². The summed E-state index contributed by atoms with van der Waals surface area (Å²) in [6.45, 7) is 11.1. The first-order valence-corrected chi connectivity index (χ1v) is 17.5. The Bertz CT molecular complexity index is 1020. The molecule has 0 saturated heterocycles. The molecule has 2 heteroatoms. The van der Waals surface area contributed by atoms with Gasteiger partial charge in [0.1, 0.15) is 0 Å². The van der Waals surface area contributed by atoms with Gasteiger partial charge in [-0.3, -0.25) is 4.79 Å². The molecule has 0 saturated carbocycles. The lowest BCUT2D eigenvalue weighted by Gasteiger charge is -2.25. The van der Waals surface area contributed by atoms with Crippen molar-refractivity contribution in [3.05, 3.63) is 64.3 Å². The van der Waals surface area contributed by atoms with Crippen LogP contribution in [0.4, 0.5) is 0 Å². The van der Waals surface area contributed by atoms with Crippen LogP contribution < -0.4 is 0 Å². The third-order valence-corrected chi connectivity index (χ3v) is 8.94. The van der Waals surface area contributed by atoms with Crippen LogP contribution in [-0.4, -0.2) is 10.6 Å². The maximum absolute atomic E-state index is 12.8. The van der Waals surface area contributed by atoms with Gasteiger partial charge < -0.3 is 0 Å². The van der Waals surface area contributed by atoms with Gasteiger partial charge in [-0.2, -0.15) is 0 Å². The van der Waals surface area contributed by atoms with E-state index in [0.717, 1.165) is 6.42 Å². The molecule has 0 N–H and O–H groups in total. The van der Waals surface area contributed by atoms with Gasteiger partial charge in [0, 0.05) is 16.9 Å². The highest BCUT2D eigenvalue weighted by molar-refractivity contribution is 7.81. The molecule has 1 aliphatic rings. The van der Waals surface area contributed by atoms with E-state index in [1.807, 2.05) is 12.2 Å². The average molecular weight is 577 g/mol. The molecule has 0 aromatic heterocycles. The SMILES string of the molecule is CCCCCCCCCCc1ccc(C=CC(=S)C2=CC=C(C(C)(C)C)CC2=O)cc1CCCCCCCCCC. The zero-order valence-electron chi connectivity index (χ0n) is 27.3. The molecule has 0 atom stereocenters. The smallest absolute Gasteiger partial charge is 0.168 e. The van der Waals surface area contributed by atoms with E-state index in [-0.39, 0.29) is 11.2 Å². The first-order chi connectivity index (χ1) is 19.8. The van der Waals surface area contributed by atoms with E-state index in [0.29, 0.717) is 16.9 Å². The number of carbonyl (C=O) groups is 1. The van der Waals surface area contributed by atoms with E-state index in [2.05, 4.69) is 65.0 Å². The monoisotopic (exact) mass is 576 g/mol. The summed E-state index contributed by atoms with van der Waals surface area (Å²) in [5.74, 6) is 0.142. The number of carbonyl (C=O) groups excluding carboxylic acids is 1. The second-order valence-electron chi connectivity index (χ2n) is 13.3. The van der Waals surface area contributed by atoms with Gasteiger partial charge in [0.25, 0.3) is 0 Å². The predicted octanol–water partition coefficient (Wildman–Crippen LogP) is 12.3. The number of ketones is 1. The molecule has 0 radical (unpaired) electrons. The molecular weight excluding hydrogens is 516 g/mol. The largest absolute Gasteiger partial charge is 0.294 e. The van der Waals surface area contributed by atoms with Crippen LogP contribution in [0.3, 0.4) is 0 Å². The van der Waals surface area contributed by atoms with Crippen LogP contribution in [-0.2, 0) is 17.6 Å². The Morgan fingerprint density at radius 2 is 1.24 bits per heavy atom. The van der Waals surface area contributed by atoms with Gasteiger partial charge in [0.15, 0.2) is 5.78 Å². The summed E-state index contributed by atoms with van der Waals surface area (Å²) in [5.41, 5.74) is 6.10. The average Bonchev–Trinajstić information content (AvgIpc) is 2.94. The maximum atomic E-state index is 12.8. The van der Waals surface area contributed by atoms with Gasteiger partial charge in [-0.1, -0.05) is 173 Å². The second-order valence-corrected chi connectivity index (χ2v) is 13.7. The number of Topliss-reactive ketones (excluding diaryl/α,β-unsaturated/α-hetero) is 1. The molecular formula is C39H60OS. The van der Waals surface area contributed by atoms with Gasteiger partial charge in [0.2, 0.25) is 0 Å². The van der Waals surface area contributed by atoms with Crippen LogP contribution in [0, 0.1) is 5.41 Å². The van der Waals surface area contributed by atoms with Crippen molar-refractivity contribution in [1.29, 1.82) is 0 Å². The number of allylic oxidation sites excluding steroid dienone is 5. The minimum atomic E-state index is 0.0109. The molecule has 1 aromatic carbocycles. The Morgan fingerprint density at radius 1 is 0.732 bits per heavy atom. The summed E-state index contributed by atoms with van der Waals surface area (Å²) in [6.07, 6.45) is 32.6. The molecule has 228 valence electrons. The first kappa shape index (κ1) is 35.4. The normalized spacial score (nSPS) is 14.0. The fraction of sp³-hybridized carbons (Fsp3) is 0.641. The van der Waals surface area contributed by atoms with Crippen molar-refractivity contribution in [3.8, 4) is 0 Å². The third-order valence-electron chi connectivity index (χ3n) is 8.59.